The zero-order valence-electron chi connectivity index (χ0n) is 6.45. The predicted molar refractivity (Wildman–Crippen MR) is 52.9 cm³/mol. The Morgan fingerprint density at radius 1 is 1.33 bits per heavy atom. The van der Waals surface area contributed by atoms with Crippen LogP contribution in [-0.4, -0.2) is 17.6 Å². The molecule has 0 bridgehead atoms. The molecule has 12 heavy (non-hydrogen) atoms. The molecule has 0 radical (unpaired) electrons. The summed E-state index contributed by atoms with van der Waals surface area (Å²) in [5.41, 5.74) is 0.829. The van der Waals surface area contributed by atoms with E-state index in [4.69, 9.17) is 5.11 Å². The molecule has 0 aliphatic rings. The number of carboxylic acids is 1. The third-order valence-electron chi connectivity index (χ3n) is 1.22. The molecule has 66 valence electrons. The lowest BCUT2D eigenvalue weighted by Crippen LogP contribution is -2.11. The van der Waals surface area contributed by atoms with E-state index >= 15 is 0 Å². The van der Waals surface area contributed by atoms with Gasteiger partial charge < -0.3 is 10.4 Å². The fourth-order valence-corrected chi connectivity index (χ4v) is 0.734. The Hall–Kier alpha value is -1.16. The molecule has 1 aromatic carbocycles. The summed E-state index contributed by atoms with van der Waals surface area (Å²) < 4.78 is 0. The lowest BCUT2D eigenvalue weighted by Gasteiger charge is -2.00. The van der Waals surface area contributed by atoms with Gasteiger partial charge in [-0.2, -0.15) is 13.5 Å². The van der Waals surface area contributed by atoms with Gasteiger partial charge in [-0.25, -0.2) is 0 Å². The topological polar surface area (TPSA) is 49.3 Å². The van der Waals surface area contributed by atoms with Gasteiger partial charge >= 0.3 is 5.97 Å². The van der Waals surface area contributed by atoms with Gasteiger partial charge in [0, 0.05) is 5.69 Å². The molecular weight excluding hydrogens is 174 g/mol. The first-order valence-corrected chi connectivity index (χ1v) is 3.30. The molecule has 0 aromatic heterocycles. The Bertz CT molecular complexity index is 238. The summed E-state index contributed by atoms with van der Waals surface area (Å²) in [5, 5.41) is 11.1. The largest absolute Gasteiger partial charge is 0.480 e. The first-order valence-electron chi connectivity index (χ1n) is 3.30. The van der Waals surface area contributed by atoms with Crippen molar-refractivity contribution in [2.24, 2.45) is 0 Å². The van der Waals surface area contributed by atoms with Crippen LogP contribution >= 0.6 is 13.5 Å². The molecule has 0 amide bonds. The van der Waals surface area contributed by atoms with Crippen molar-refractivity contribution >= 4 is 25.2 Å². The molecular formula is C8H11NO2S. The number of para-hydroxylation sites is 1. The van der Waals surface area contributed by atoms with Crippen LogP contribution in [0.5, 0.6) is 0 Å². The van der Waals surface area contributed by atoms with Crippen molar-refractivity contribution in [2.45, 2.75) is 0 Å². The van der Waals surface area contributed by atoms with Gasteiger partial charge in [0.05, 0.1) is 0 Å². The predicted octanol–water partition coefficient (Wildman–Crippen LogP) is 1.30. The first kappa shape index (κ1) is 10.8. The monoisotopic (exact) mass is 185 g/mol. The molecule has 2 N–H and O–H groups in total. The van der Waals surface area contributed by atoms with E-state index in [-0.39, 0.29) is 20.0 Å². The van der Waals surface area contributed by atoms with E-state index in [1.54, 1.807) is 0 Å². The minimum Gasteiger partial charge on any atom is -0.480 e. The van der Waals surface area contributed by atoms with Gasteiger partial charge in [-0.15, -0.1) is 0 Å². The van der Waals surface area contributed by atoms with Crippen LogP contribution < -0.4 is 5.32 Å². The van der Waals surface area contributed by atoms with Crippen LogP contribution in [0.3, 0.4) is 0 Å². The first-order chi connectivity index (χ1) is 5.29. The quantitative estimate of drug-likeness (QED) is 0.746. The highest BCUT2D eigenvalue weighted by Crippen LogP contribution is 2.03. The summed E-state index contributed by atoms with van der Waals surface area (Å²) in [6, 6.07) is 9.23. The normalized spacial score (nSPS) is 8.33. The highest BCUT2D eigenvalue weighted by molar-refractivity contribution is 7.59. The van der Waals surface area contributed by atoms with Gasteiger partial charge in [0.15, 0.2) is 0 Å². The number of anilines is 1. The number of nitrogens with one attached hydrogen (secondary N) is 1. The highest BCUT2D eigenvalue weighted by atomic mass is 32.1. The Morgan fingerprint density at radius 3 is 2.42 bits per heavy atom. The average molecular weight is 185 g/mol. The van der Waals surface area contributed by atoms with Crippen LogP contribution in [-0.2, 0) is 4.79 Å². The second-order valence-electron chi connectivity index (χ2n) is 2.11. The van der Waals surface area contributed by atoms with E-state index in [0.717, 1.165) is 5.69 Å². The average Bonchev–Trinajstić information content (AvgIpc) is 2.03. The maximum Gasteiger partial charge on any atom is 0.322 e. The van der Waals surface area contributed by atoms with E-state index in [1.807, 2.05) is 30.3 Å². The summed E-state index contributed by atoms with van der Waals surface area (Å²) >= 11 is 0. The molecule has 0 atom stereocenters. The number of hydrogen-bond acceptors (Lipinski definition) is 2. The zero-order chi connectivity index (χ0) is 8.10. The summed E-state index contributed by atoms with van der Waals surface area (Å²) in [4.78, 5) is 10.1. The minimum atomic E-state index is -0.853. The van der Waals surface area contributed by atoms with Gasteiger partial charge in [0.2, 0.25) is 0 Å². The van der Waals surface area contributed by atoms with Crippen molar-refractivity contribution < 1.29 is 9.90 Å². The molecule has 1 rings (SSSR count). The highest BCUT2D eigenvalue weighted by Gasteiger charge is 1.93. The lowest BCUT2D eigenvalue weighted by atomic mass is 10.3. The molecule has 0 aliphatic carbocycles. The molecule has 0 aliphatic heterocycles. The van der Waals surface area contributed by atoms with Gasteiger partial charge in [-0.1, -0.05) is 18.2 Å². The number of carbonyl (C=O) groups is 1. The van der Waals surface area contributed by atoms with E-state index < -0.39 is 5.97 Å². The van der Waals surface area contributed by atoms with Gasteiger partial charge in [-0.05, 0) is 12.1 Å². The van der Waals surface area contributed by atoms with Crippen molar-refractivity contribution in [1.29, 1.82) is 0 Å². The molecule has 0 spiro atoms. The summed E-state index contributed by atoms with van der Waals surface area (Å²) in [5.74, 6) is -0.853. The standard InChI is InChI=1S/C8H9NO2.H2S/c10-8(11)6-9-7-4-2-1-3-5-7;/h1-5,9H,6H2,(H,10,11);1H2. The molecule has 0 heterocycles. The minimum absolute atomic E-state index is 0. The summed E-state index contributed by atoms with van der Waals surface area (Å²) in [7, 11) is 0. The van der Waals surface area contributed by atoms with Gasteiger partial charge in [0.25, 0.3) is 0 Å². The zero-order valence-corrected chi connectivity index (χ0v) is 7.45. The number of aliphatic carboxylic acids is 1. The third kappa shape index (κ3) is 3.88. The molecule has 3 nitrogen and oxygen atoms in total. The lowest BCUT2D eigenvalue weighted by molar-refractivity contribution is -0.134. The van der Waals surface area contributed by atoms with Gasteiger partial charge in [-0.3, -0.25) is 4.79 Å². The van der Waals surface area contributed by atoms with Gasteiger partial charge in [0.1, 0.15) is 6.54 Å². The summed E-state index contributed by atoms with van der Waals surface area (Å²) in [6.45, 7) is -0.0377. The van der Waals surface area contributed by atoms with E-state index in [2.05, 4.69) is 5.32 Å². The summed E-state index contributed by atoms with van der Waals surface area (Å²) in [6.07, 6.45) is 0. The molecule has 0 fully saturated rings. The number of hydrogen-bond donors (Lipinski definition) is 2. The third-order valence-corrected chi connectivity index (χ3v) is 1.22. The second-order valence-corrected chi connectivity index (χ2v) is 2.11. The Labute approximate surface area is 77.9 Å². The van der Waals surface area contributed by atoms with E-state index in [9.17, 15) is 4.79 Å². The van der Waals surface area contributed by atoms with E-state index in [1.165, 1.54) is 0 Å². The number of rotatable bonds is 3. The van der Waals surface area contributed by atoms with Crippen molar-refractivity contribution in [3.05, 3.63) is 30.3 Å². The van der Waals surface area contributed by atoms with Crippen LogP contribution in [0.15, 0.2) is 30.3 Å². The number of benzene rings is 1. The van der Waals surface area contributed by atoms with Crippen molar-refractivity contribution in [2.75, 3.05) is 11.9 Å². The van der Waals surface area contributed by atoms with Crippen LogP contribution in [0.1, 0.15) is 0 Å². The second kappa shape index (κ2) is 5.49. The van der Waals surface area contributed by atoms with Crippen molar-refractivity contribution in [3.8, 4) is 0 Å². The van der Waals surface area contributed by atoms with Crippen LogP contribution in [0, 0.1) is 0 Å². The fourth-order valence-electron chi connectivity index (χ4n) is 0.734. The SMILES string of the molecule is O=C(O)CNc1ccccc1.S. The molecule has 0 saturated heterocycles. The maximum absolute atomic E-state index is 10.1. The van der Waals surface area contributed by atoms with Crippen molar-refractivity contribution in [3.63, 3.8) is 0 Å². The van der Waals surface area contributed by atoms with Crippen LogP contribution in [0.4, 0.5) is 5.69 Å². The van der Waals surface area contributed by atoms with Crippen LogP contribution in [0.25, 0.3) is 0 Å². The Morgan fingerprint density at radius 2 is 1.92 bits per heavy atom. The molecule has 0 unspecified atom stereocenters. The molecule has 1 aromatic rings. The van der Waals surface area contributed by atoms with E-state index in [0.29, 0.717) is 0 Å². The molecule has 0 saturated carbocycles. The Balaban J connectivity index is 0.00000121. The molecule has 4 heteroatoms. The number of carboxylic acid groups (broad SMARTS) is 1. The van der Waals surface area contributed by atoms with Crippen LogP contribution in [0.2, 0.25) is 0 Å². The smallest absolute Gasteiger partial charge is 0.322 e. The maximum atomic E-state index is 10.1. The Kier molecular flexibility index (Phi) is 4.96. The fraction of sp³-hybridized carbons (Fsp3) is 0.125. The van der Waals surface area contributed by atoms with Crippen molar-refractivity contribution in [1.82, 2.24) is 0 Å².